The average molecular weight is 299 g/mol. The van der Waals surface area contributed by atoms with Crippen molar-refractivity contribution in [1.29, 1.82) is 0 Å². The van der Waals surface area contributed by atoms with E-state index >= 15 is 0 Å². The van der Waals surface area contributed by atoms with Crippen LogP contribution in [0.15, 0.2) is 60.1 Å². The molecule has 0 saturated carbocycles. The Morgan fingerprint density at radius 2 is 1.90 bits per heavy atom. The molecule has 0 aliphatic carbocycles. The summed E-state index contributed by atoms with van der Waals surface area (Å²) in [5, 5.41) is 8.72. The third-order valence-electron chi connectivity index (χ3n) is 2.94. The maximum absolute atomic E-state index is 12.0. The molecule has 2 aromatic carbocycles. The standard InChI is InChI=1S/C15H13N3O2S/c19-21(20,9-8-12-4-2-1-3-5-12)18-14-6-7-15-13(10-14)11-16-17-15/h1-11,18H,(H,16,17)/b9-8+. The molecule has 21 heavy (non-hydrogen) atoms. The first kappa shape index (κ1) is 13.4. The van der Waals surface area contributed by atoms with Crippen molar-refractivity contribution < 1.29 is 8.42 Å². The van der Waals surface area contributed by atoms with E-state index in [-0.39, 0.29) is 0 Å². The zero-order valence-corrected chi connectivity index (χ0v) is 11.8. The van der Waals surface area contributed by atoms with E-state index in [0.29, 0.717) is 5.69 Å². The third kappa shape index (κ3) is 3.29. The van der Waals surface area contributed by atoms with Crippen molar-refractivity contribution in [2.24, 2.45) is 0 Å². The van der Waals surface area contributed by atoms with Crippen LogP contribution >= 0.6 is 0 Å². The van der Waals surface area contributed by atoms with Crippen molar-refractivity contribution in [3.8, 4) is 0 Å². The first-order chi connectivity index (χ1) is 10.1. The number of fused-ring (bicyclic) bond motifs is 1. The van der Waals surface area contributed by atoms with Crippen molar-refractivity contribution >= 4 is 32.7 Å². The molecule has 0 atom stereocenters. The van der Waals surface area contributed by atoms with Crippen LogP contribution in [0.2, 0.25) is 0 Å². The first-order valence-electron chi connectivity index (χ1n) is 6.31. The molecule has 1 aromatic heterocycles. The lowest BCUT2D eigenvalue weighted by atomic mass is 10.2. The number of benzene rings is 2. The van der Waals surface area contributed by atoms with Crippen LogP contribution in [0.5, 0.6) is 0 Å². The Bertz CT molecular complexity index is 883. The second kappa shape index (κ2) is 5.41. The van der Waals surface area contributed by atoms with Gasteiger partial charge >= 0.3 is 0 Å². The molecule has 106 valence electrons. The number of nitrogens with zero attached hydrogens (tertiary/aromatic N) is 1. The van der Waals surface area contributed by atoms with E-state index in [9.17, 15) is 8.42 Å². The molecule has 0 saturated heterocycles. The largest absolute Gasteiger partial charge is 0.280 e. The molecule has 3 rings (SSSR count). The molecule has 0 spiro atoms. The SMILES string of the molecule is O=S(=O)(/C=C/c1ccccc1)Nc1ccc2[nH]ncc2c1. The van der Waals surface area contributed by atoms with E-state index < -0.39 is 10.0 Å². The summed E-state index contributed by atoms with van der Waals surface area (Å²) < 4.78 is 26.6. The number of rotatable bonds is 4. The maximum atomic E-state index is 12.0. The molecule has 1 heterocycles. The molecule has 5 nitrogen and oxygen atoms in total. The van der Waals surface area contributed by atoms with E-state index in [1.165, 1.54) is 0 Å². The van der Waals surface area contributed by atoms with E-state index in [2.05, 4.69) is 14.9 Å². The van der Waals surface area contributed by atoms with Gasteiger partial charge in [-0.05, 0) is 29.8 Å². The van der Waals surface area contributed by atoms with Gasteiger partial charge in [-0.2, -0.15) is 5.10 Å². The van der Waals surface area contributed by atoms with Gasteiger partial charge in [0.05, 0.1) is 17.1 Å². The molecule has 3 aromatic rings. The number of sulfonamides is 1. The van der Waals surface area contributed by atoms with Crippen molar-refractivity contribution in [3.63, 3.8) is 0 Å². The van der Waals surface area contributed by atoms with Gasteiger partial charge in [0.15, 0.2) is 0 Å². The molecule has 2 N–H and O–H groups in total. The monoisotopic (exact) mass is 299 g/mol. The molecule has 0 radical (unpaired) electrons. The van der Waals surface area contributed by atoms with Crippen LogP contribution in [0.25, 0.3) is 17.0 Å². The van der Waals surface area contributed by atoms with Gasteiger partial charge < -0.3 is 0 Å². The molecule has 6 heteroatoms. The minimum absolute atomic E-state index is 0.501. The summed E-state index contributed by atoms with van der Waals surface area (Å²) in [6.45, 7) is 0. The quantitative estimate of drug-likeness (QED) is 0.777. The summed E-state index contributed by atoms with van der Waals surface area (Å²) in [5.74, 6) is 0. The second-order valence-electron chi connectivity index (χ2n) is 4.53. The predicted octanol–water partition coefficient (Wildman–Crippen LogP) is 2.98. The molecule has 0 bridgehead atoms. The summed E-state index contributed by atoms with van der Waals surface area (Å²) in [6, 6.07) is 14.5. The molecule has 0 amide bonds. The van der Waals surface area contributed by atoms with Crippen molar-refractivity contribution in [1.82, 2.24) is 10.2 Å². The summed E-state index contributed by atoms with van der Waals surface area (Å²) in [5.41, 5.74) is 2.19. The van der Waals surface area contributed by atoms with E-state index in [1.807, 2.05) is 30.3 Å². The van der Waals surface area contributed by atoms with Crippen molar-refractivity contribution in [3.05, 3.63) is 65.7 Å². The van der Waals surface area contributed by atoms with Gasteiger partial charge in [-0.1, -0.05) is 30.3 Å². The van der Waals surface area contributed by atoms with E-state index in [4.69, 9.17) is 0 Å². The zero-order chi connectivity index (χ0) is 14.7. The van der Waals surface area contributed by atoms with Crippen molar-refractivity contribution in [2.45, 2.75) is 0 Å². The second-order valence-corrected chi connectivity index (χ2v) is 6.10. The normalized spacial score (nSPS) is 12.0. The Morgan fingerprint density at radius 3 is 2.71 bits per heavy atom. The zero-order valence-electron chi connectivity index (χ0n) is 11.0. The highest BCUT2D eigenvalue weighted by Gasteiger charge is 2.06. The molecular weight excluding hydrogens is 286 g/mol. The van der Waals surface area contributed by atoms with Crippen LogP contribution in [0.3, 0.4) is 0 Å². The average Bonchev–Trinajstić information content (AvgIpc) is 2.93. The highest BCUT2D eigenvalue weighted by molar-refractivity contribution is 7.95. The fourth-order valence-corrected chi connectivity index (χ4v) is 2.80. The smallest absolute Gasteiger partial charge is 0.255 e. The summed E-state index contributed by atoms with van der Waals surface area (Å²) in [7, 11) is -3.55. The van der Waals surface area contributed by atoms with Gasteiger partial charge in [0.2, 0.25) is 0 Å². The minimum atomic E-state index is -3.55. The number of aromatic nitrogens is 2. The van der Waals surface area contributed by atoms with Crippen molar-refractivity contribution in [2.75, 3.05) is 4.72 Å². The van der Waals surface area contributed by atoms with E-state index in [1.54, 1.807) is 30.5 Å². The topological polar surface area (TPSA) is 74.8 Å². The van der Waals surface area contributed by atoms with Gasteiger partial charge in [0, 0.05) is 11.1 Å². The first-order valence-corrected chi connectivity index (χ1v) is 7.86. The highest BCUT2D eigenvalue weighted by atomic mass is 32.2. The summed E-state index contributed by atoms with van der Waals surface area (Å²) in [6.07, 6.45) is 3.20. The summed E-state index contributed by atoms with van der Waals surface area (Å²) >= 11 is 0. The Labute approximate surface area is 122 Å². The van der Waals surface area contributed by atoms with Crippen LogP contribution in [-0.4, -0.2) is 18.6 Å². The molecule has 0 aliphatic rings. The number of hydrogen-bond acceptors (Lipinski definition) is 3. The van der Waals surface area contributed by atoms with Gasteiger partial charge in [0.1, 0.15) is 0 Å². The van der Waals surface area contributed by atoms with Crippen LogP contribution in [0.1, 0.15) is 5.56 Å². The number of nitrogens with one attached hydrogen (secondary N) is 2. The summed E-state index contributed by atoms with van der Waals surface area (Å²) in [4.78, 5) is 0. The van der Waals surface area contributed by atoms with Gasteiger partial charge in [-0.25, -0.2) is 8.42 Å². The number of aromatic amines is 1. The van der Waals surface area contributed by atoms with Crippen LogP contribution in [0, 0.1) is 0 Å². The van der Waals surface area contributed by atoms with Crippen LogP contribution < -0.4 is 4.72 Å². The molecule has 0 aliphatic heterocycles. The fraction of sp³-hybridized carbons (Fsp3) is 0. The van der Waals surface area contributed by atoms with E-state index in [0.717, 1.165) is 21.9 Å². The fourth-order valence-electron chi connectivity index (χ4n) is 1.94. The maximum Gasteiger partial charge on any atom is 0.255 e. The van der Waals surface area contributed by atoms with Gasteiger partial charge in [0.25, 0.3) is 10.0 Å². The molecule has 0 fully saturated rings. The Morgan fingerprint density at radius 1 is 1.10 bits per heavy atom. The number of anilines is 1. The number of hydrogen-bond donors (Lipinski definition) is 2. The van der Waals surface area contributed by atoms with Gasteiger partial charge in [-0.3, -0.25) is 9.82 Å². The molecular formula is C15H13N3O2S. The van der Waals surface area contributed by atoms with Crippen LogP contribution in [0.4, 0.5) is 5.69 Å². The third-order valence-corrected chi connectivity index (χ3v) is 3.95. The predicted molar refractivity (Wildman–Crippen MR) is 84.1 cm³/mol. The number of H-pyrrole nitrogens is 1. The Balaban J connectivity index is 1.80. The minimum Gasteiger partial charge on any atom is -0.280 e. The lowest BCUT2D eigenvalue weighted by molar-refractivity contribution is 0.609. The highest BCUT2D eigenvalue weighted by Crippen LogP contribution is 2.18. The molecule has 0 unspecified atom stereocenters. The lowest BCUT2D eigenvalue weighted by Gasteiger charge is -2.04. The van der Waals surface area contributed by atoms with Crippen LogP contribution in [-0.2, 0) is 10.0 Å². The lowest BCUT2D eigenvalue weighted by Crippen LogP contribution is -2.08. The van der Waals surface area contributed by atoms with Gasteiger partial charge in [-0.15, -0.1) is 0 Å². The Kier molecular flexibility index (Phi) is 3.45. The Hall–Kier alpha value is -2.60.